The zero-order valence-corrected chi connectivity index (χ0v) is 10.5. The number of aromatic nitrogens is 2. The van der Waals surface area contributed by atoms with Gasteiger partial charge in [0.05, 0.1) is 24.4 Å². The second-order valence-corrected chi connectivity index (χ2v) is 4.44. The van der Waals surface area contributed by atoms with E-state index in [2.05, 4.69) is 15.5 Å². The van der Waals surface area contributed by atoms with Crippen LogP contribution in [-0.4, -0.2) is 39.2 Å². The second kappa shape index (κ2) is 5.39. The van der Waals surface area contributed by atoms with Crippen molar-refractivity contribution in [3.8, 4) is 0 Å². The lowest BCUT2D eigenvalue weighted by Gasteiger charge is -2.28. The smallest absolute Gasteiger partial charge is 0.154 e. The molecule has 6 heteroatoms. The van der Waals surface area contributed by atoms with Crippen LogP contribution in [0.15, 0.2) is 0 Å². The van der Waals surface area contributed by atoms with Gasteiger partial charge in [0.25, 0.3) is 0 Å². The van der Waals surface area contributed by atoms with E-state index in [1.807, 2.05) is 13.8 Å². The molecule has 1 aromatic rings. The van der Waals surface area contributed by atoms with Crippen molar-refractivity contribution in [2.75, 3.05) is 18.5 Å². The van der Waals surface area contributed by atoms with E-state index in [4.69, 9.17) is 5.73 Å². The third-order valence-electron chi connectivity index (χ3n) is 2.90. The predicted octanol–water partition coefficient (Wildman–Crippen LogP) is -0.293. The third kappa shape index (κ3) is 2.91. The van der Waals surface area contributed by atoms with Gasteiger partial charge in [-0.3, -0.25) is 0 Å². The highest BCUT2D eigenvalue weighted by Gasteiger charge is 2.24. The average molecular weight is 240 g/mol. The van der Waals surface area contributed by atoms with E-state index in [1.165, 1.54) is 0 Å². The number of aryl methyl sites for hydroxylation is 1. The maximum atomic E-state index is 9.23. The standard InChI is InChI=1S/C11H20N4O2/c1-7-8(2)14-15-10(9(7)4-12)13-11(3,5-16)6-17/h16-17H,4-6,12H2,1-3H3,(H,13,15). The summed E-state index contributed by atoms with van der Waals surface area (Å²) < 4.78 is 0. The molecule has 0 atom stereocenters. The van der Waals surface area contributed by atoms with E-state index >= 15 is 0 Å². The van der Waals surface area contributed by atoms with Gasteiger partial charge in [-0.2, -0.15) is 5.10 Å². The van der Waals surface area contributed by atoms with Crippen LogP contribution in [-0.2, 0) is 6.54 Å². The zero-order valence-electron chi connectivity index (χ0n) is 10.5. The molecule has 0 spiro atoms. The summed E-state index contributed by atoms with van der Waals surface area (Å²) >= 11 is 0. The fraction of sp³-hybridized carbons (Fsp3) is 0.636. The lowest BCUT2D eigenvalue weighted by Crippen LogP contribution is -2.43. The van der Waals surface area contributed by atoms with Crippen molar-refractivity contribution < 1.29 is 10.2 Å². The summed E-state index contributed by atoms with van der Waals surface area (Å²) in [5.74, 6) is 0.515. The van der Waals surface area contributed by atoms with Crippen LogP contribution in [0.4, 0.5) is 5.82 Å². The van der Waals surface area contributed by atoms with E-state index in [0.717, 1.165) is 16.8 Å². The summed E-state index contributed by atoms with van der Waals surface area (Å²) in [5.41, 5.74) is 7.51. The molecule has 0 radical (unpaired) electrons. The normalized spacial score (nSPS) is 11.6. The number of aliphatic hydroxyl groups excluding tert-OH is 2. The van der Waals surface area contributed by atoms with E-state index in [-0.39, 0.29) is 13.2 Å². The van der Waals surface area contributed by atoms with Gasteiger partial charge in [-0.15, -0.1) is 5.10 Å². The molecule has 0 aliphatic carbocycles. The Morgan fingerprint density at radius 2 is 1.82 bits per heavy atom. The molecule has 0 aromatic carbocycles. The quantitative estimate of drug-likeness (QED) is 0.563. The minimum atomic E-state index is -0.833. The van der Waals surface area contributed by atoms with E-state index in [1.54, 1.807) is 6.92 Å². The van der Waals surface area contributed by atoms with E-state index in [9.17, 15) is 10.2 Å². The van der Waals surface area contributed by atoms with Gasteiger partial charge in [0.15, 0.2) is 5.82 Å². The van der Waals surface area contributed by atoms with Crippen molar-refractivity contribution in [3.05, 3.63) is 16.8 Å². The number of rotatable bonds is 5. The Morgan fingerprint density at radius 1 is 1.24 bits per heavy atom. The first-order valence-electron chi connectivity index (χ1n) is 5.50. The summed E-state index contributed by atoms with van der Waals surface area (Å²) in [7, 11) is 0. The average Bonchev–Trinajstić information content (AvgIpc) is 2.34. The second-order valence-electron chi connectivity index (χ2n) is 4.44. The molecule has 0 bridgehead atoms. The highest BCUT2D eigenvalue weighted by atomic mass is 16.3. The monoisotopic (exact) mass is 240 g/mol. The molecule has 17 heavy (non-hydrogen) atoms. The SMILES string of the molecule is Cc1nnc(NC(C)(CO)CO)c(CN)c1C. The fourth-order valence-electron chi connectivity index (χ4n) is 1.42. The molecule has 0 amide bonds. The van der Waals surface area contributed by atoms with Gasteiger partial charge < -0.3 is 21.3 Å². The molecule has 1 rings (SSSR count). The first kappa shape index (κ1) is 13.8. The van der Waals surface area contributed by atoms with E-state index in [0.29, 0.717) is 12.4 Å². The summed E-state index contributed by atoms with van der Waals surface area (Å²) in [5, 5.41) is 29.5. The lowest BCUT2D eigenvalue weighted by atomic mass is 10.0. The summed E-state index contributed by atoms with van der Waals surface area (Å²) in [6.07, 6.45) is 0. The van der Waals surface area contributed by atoms with Gasteiger partial charge in [-0.25, -0.2) is 0 Å². The Balaban J connectivity index is 3.11. The van der Waals surface area contributed by atoms with Crippen molar-refractivity contribution in [2.45, 2.75) is 32.9 Å². The maximum absolute atomic E-state index is 9.23. The van der Waals surface area contributed by atoms with Gasteiger partial charge >= 0.3 is 0 Å². The van der Waals surface area contributed by atoms with Gasteiger partial charge in [0, 0.05) is 12.1 Å². The molecular weight excluding hydrogens is 220 g/mol. The summed E-state index contributed by atoms with van der Waals surface area (Å²) in [4.78, 5) is 0. The molecule has 96 valence electrons. The predicted molar refractivity (Wildman–Crippen MR) is 65.6 cm³/mol. The number of hydrogen-bond donors (Lipinski definition) is 4. The molecular formula is C11H20N4O2. The van der Waals surface area contributed by atoms with Crippen LogP contribution >= 0.6 is 0 Å². The van der Waals surface area contributed by atoms with Gasteiger partial charge in [0.2, 0.25) is 0 Å². The maximum Gasteiger partial charge on any atom is 0.154 e. The topological polar surface area (TPSA) is 104 Å². The number of hydrogen-bond acceptors (Lipinski definition) is 6. The molecule has 0 unspecified atom stereocenters. The Morgan fingerprint density at radius 3 is 2.29 bits per heavy atom. The fourth-order valence-corrected chi connectivity index (χ4v) is 1.42. The molecule has 1 aromatic heterocycles. The van der Waals surface area contributed by atoms with Crippen molar-refractivity contribution in [1.29, 1.82) is 0 Å². The Kier molecular flexibility index (Phi) is 4.39. The molecule has 0 aliphatic rings. The summed E-state index contributed by atoms with van der Waals surface area (Å²) in [6.45, 7) is 5.40. The Bertz CT molecular complexity index is 391. The zero-order chi connectivity index (χ0) is 13.1. The lowest BCUT2D eigenvalue weighted by molar-refractivity contribution is 0.147. The molecule has 0 saturated carbocycles. The molecule has 6 nitrogen and oxygen atoms in total. The minimum absolute atomic E-state index is 0.206. The van der Waals surface area contributed by atoms with Crippen molar-refractivity contribution in [3.63, 3.8) is 0 Å². The molecule has 0 fully saturated rings. The van der Waals surface area contributed by atoms with E-state index < -0.39 is 5.54 Å². The van der Waals surface area contributed by atoms with Crippen molar-refractivity contribution in [2.24, 2.45) is 5.73 Å². The van der Waals surface area contributed by atoms with Gasteiger partial charge in [-0.05, 0) is 26.3 Å². The highest BCUT2D eigenvalue weighted by molar-refractivity contribution is 5.50. The molecule has 0 aliphatic heterocycles. The first-order chi connectivity index (χ1) is 7.97. The van der Waals surface area contributed by atoms with Gasteiger partial charge in [-0.1, -0.05) is 0 Å². The van der Waals surface area contributed by atoms with Crippen LogP contribution in [0, 0.1) is 13.8 Å². The number of anilines is 1. The Hall–Kier alpha value is -1.24. The number of nitrogens with two attached hydrogens (primary N) is 1. The minimum Gasteiger partial charge on any atom is -0.394 e. The number of aliphatic hydroxyl groups is 2. The van der Waals surface area contributed by atoms with Crippen LogP contribution < -0.4 is 11.1 Å². The summed E-state index contributed by atoms with van der Waals surface area (Å²) in [6, 6.07) is 0. The number of nitrogens with one attached hydrogen (secondary N) is 1. The molecule has 5 N–H and O–H groups in total. The van der Waals surface area contributed by atoms with Crippen LogP contribution in [0.25, 0.3) is 0 Å². The van der Waals surface area contributed by atoms with Crippen molar-refractivity contribution >= 4 is 5.82 Å². The largest absolute Gasteiger partial charge is 0.394 e. The molecule has 1 heterocycles. The van der Waals surface area contributed by atoms with Crippen LogP contribution in [0.5, 0.6) is 0 Å². The van der Waals surface area contributed by atoms with Crippen molar-refractivity contribution in [1.82, 2.24) is 10.2 Å². The van der Waals surface area contributed by atoms with Gasteiger partial charge in [0.1, 0.15) is 0 Å². The molecule has 0 saturated heterocycles. The first-order valence-corrected chi connectivity index (χ1v) is 5.50. The van der Waals surface area contributed by atoms with Crippen LogP contribution in [0.3, 0.4) is 0 Å². The Labute approximate surface area is 101 Å². The highest BCUT2D eigenvalue weighted by Crippen LogP contribution is 2.21. The van der Waals surface area contributed by atoms with Crippen LogP contribution in [0.2, 0.25) is 0 Å². The van der Waals surface area contributed by atoms with Crippen LogP contribution in [0.1, 0.15) is 23.7 Å². The third-order valence-corrected chi connectivity index (χ3v) is 2.90. The number of nitrogens with zero attached hydrogens (tertiary/aromatic N) is 2.